The van der Waals surface area contributed by atoms with Crippen LogP contribution in [0.2, 0.25) is 0 Å². The number of aryl methyl sites for hydroxylation is 1. The fourth-order valence-electron chi connectivity index (χ4n) is 2.75. The number of hydrogen-bond donors (Lipinski definition) is 1. The van der Waals surface area contributed by atoms with Crippen molar-refractivity contribution >= 4 is 0 Å². The van der Waals surface area contributed by atoms with E-state index in [1.54, 1.807) is 12.1 Å². The SMILES string of the molecule is Cc1ccc(F)cc1CC1(O)CCCCCC1. The molecule has 0 unspecified atom stereocenters. The summed E-state index contributed by atoms with van der Waals surface area (Å²) in [5.41, 5.74) is 1.41. The molecule has 1 aromatic rings. The fraction of sp³-hybridized carbons (Fsp3) is 0.600. The first-order chi connectivity index (χ1) is 8.09. The van der Waals surface area contributed by atoms with Crippen LogP contribution in [0.15, 0.2) is 18.2 Å². The van der Waals surface area contributed by atoms with Gasteiger partial charge in [0.05, 0.1) is 5.60 Å². The zero-order chi connectivity index (χ0) is 12.3. The Balaban J connectivity index is 2.15. The van der Waals surface area contributed by atoms with Gasteiger partial charge in [0.15, 0.2) is 0 Å². The smallest absolute Gasteiger partial charge is 0.123 e. The number of rotatable bonds is 2. The van der Waals surface area contributed by atoms with Gasteiger partial charge in [-0.15, -0.1) is 0 Å². The highest BCUT2D eigenvalue weighted by molar-refractivity contribution is 5.28. The summed E-state index contributed by atoms with van der Waals surface area (Å²) in [4.78, 5) is 0. The van der Waals surface area contributed by atoms with Gasteiger partial charge >= 0.3 is 0 Å². The summed E-state index contributed by atoms with van der Waals surface area (Å²) >= 11 is 0. The third-order valence-corrected chi connectivity index (χ3v) is 3.86. The van der Waals surface area contributed by atoms with Crippen molar-refractivity contribution in [2.45, 2.75) is 57.5 Å². The topological polar surface area (TPSA) is 20.2 Å². The van der Waals surface area contributed by atoms with Crippen molar-refractivity contribution in [2.24, 2.45) is 0 Å². The van der Waals surface area contributed by atoms with E-state index in [1.807, 2.05) is 6.92 Å². The van der Waals surface area contributed by atoms with Crippen molar-refractivity contribution < 1.29 is 9.50 Å². The predicted octanol–water partition coefficient (Wildman–Crippen LogP) is 3.76. The Kier molecular flexibility index (Phi) is 3.82. The molecule has 1 aromatic carbocycles. The maximum atomic E-state index is 13.2. The lowest BCUT2D eigenvalue weighted by molar-refractivity contribution is 0.0250. The lowest BCUT2D eigenvalue weighted by Crippen LogP contribution is -2.30. The number of halogens is 1. The van der Waals surface area contributed by atoms with Gasteiger partial charge in [0.25, 0.3) is 0 Å². The molecule has 1 saturated carbocycles. The van der Waals surface area contributed by atoms with Gasteiger partial charge in [-0.05, 0) is 43.0 Å². The Bertz CT molecular complexity index is 379. The highest BCUT2D eigenvalue weighted by Crippen LogP contribution is 2.31. The third-order valence-electron chi connectivity index (χ3n) is 3.86. The van der Waals surface area contributed by atoms with Crippen molar-refractivity contribution in [3.63, 3.8) is 0 Å². The van der Waals surface area contributed by atoms with E-state index in [0.717, 1.165) is 36.8 Å². The van der Waals surface area contributed by atoms with Crippen LogP contribution in [0.4, 0.5) is 4.39 Å². The minimum Gasteiger partial charge on any atom is -0.390 e. The van der Waals surface area contributed by atoms with Crippen LogP contribution in [0.3, 0.4) is 0 Å². The Morgan fingerprint density at radius 3 is 2.47 bits per heavy atom. The molecular formula is C15H21FO. The van der Waals surface area contributed by atoms with Crippen LogP contribution in [-0.2, 0) is 6.42 Å². The molecule has 0 bridgehead atoms. The van der Waals surface area contributed by atoms with Gasteiger partial charge in [-0.2, -0.15) is 0 Å². The fourth-order valence-corrected chi connectivity index (χ4v) is 2.75. The molecule has 2 heteroatoms. The van der Waals surface area contributed by atoms with Gasteiger partial charge in [-0.1, -0.05) is 31.7 Å². The van der Waals surface area contributed by atoms with Gasteiger partial charge in [-0.25, -0.2) is 4.39 Å². The Hall–Kier alpha value is -0.890. The molecule has 0 aliphatic heterocycles. The van der Waals surface area contributed by atoms with Gasteiger partial charge in [0.2, 0.25) is 0 Å². The average Bonchev–Trinajstić information content (AvgIpc) is 2.49. The van der Waals surface area contributed by atoms with Crippen molar-refractivity contribution in [3.8, 4) is 0 Å². The molecule has 94 valence electrons. The van der Waals surface area contributed by atoms with E-state index in [-0.39, 0.29) is 5.82 Å². The molecule has 1 N–H and O–H groups in total. The molecule has 1 nitrogen and oxygen atoms in total. The first-order valence-electron chi connectivity index (χ1n) is 6.56. The lowest BCUT2D eigenvalue weighted by Gasteiger charge is -2.27. The third kappa shape index (κ3) is 3.29. The molecule has 2 rings (SSSR count). The van der Waals surface area contributed by atoms with Crippen molar-refractivity contribution in [1.29, 1.82) is 0 Å². The first kappa shape index (κ1) is 12.6. The molecule has 0 aromatic heterocycles. The summed E-state index contributed by atoms with van der Waals surface area (Å²) in [5, 5.41) is 10.6. The van der Waals surface area contributed by atoms with E-state index >= 15 is 0 Å². The van der Waals surface area contributed by atoms with E-state index < -0.39 is 5.60 Å². The maximum Gasteiger partial charge on any atom is 0.123 e. The van der Waals surface area contributed by atoms with Crippen LogP contribution in [0.25, 0.3) is 0 Å². The van der Waals surface area contributed by atoms with E-state index in [4.69, 9.17) is 0 Å². The molecule has 0 amide bonds. The van der Waals surface area contributed by atoms with Crippen molar-refractivity contribution in [2.75, 3.05) is 0 Å². The summed E-state index contributed by atoms with van der Waals surface area (Å²) in [5.74, 6) is -0.206. The second kappa shape index (κ2) is 5.18. The van der Waals surface area contributed by atoms with Gasteiger partial charge in [-0.3, -0.25) is 0 Å². The van der Waals surface area contributed by atoms with E-state index in [0.29, 0.717) is 6.42 Å². The molecular weight excluding hydrogens is 215 g/mol. The number of aliphatic hydroxyl groups is 1. The van der Waals surface area contributed by atoms with Crippen LogP contribution < -0.4 is 0 Å². The van der Waals surface area contributed by atoms with Gasteiger partial charge in [0.1, 0.15) is 5.82 Å². The minimum absolute atomic E-state index is 0.206. The maximum absolute atomic E-state index is 13.2. The standard InChI is InChI=1S/C15H21FO/c1-12-6-7-14(16)10-13(12)11-15(17)8-4-2-3-5-9-15/h6-7,10,17H,2-5,8-9,11H2,1H3. The van der Waals surface area contributed by atoms with Crippen LogP contribution in [0, 0.1) is 12.7 Å². The molecule has 0 atom stereocenters. The molecule has 1 fully saturated rings. The van der Waals surface area contributed by atoms with Crippen LogP contribution in [-0.4, -0.2) is 10.7 Å². The summed E-state index contributed by atoms with van der Waals surface area (Å²) in [6.45, 7) is 1.98. The monoisotopic (exact) mass is 236 g/mol. The molecule has 0 radical (unpaired) electrons. The minimum atomic E-state index is -0.616. The highest BCUT2D eigenvalue weighted by Gasteiger charge is 2.28. The zero-order valence-electron chi connectivity index (χ0n) is 10.5. The van der Waals surface area contributed by atoms with Crippen molar-refractivity contribution in [1.82, 2.24) is 0 Å². The van der Waals surface area contributed by atoms with Gasteiger partial charge in [0, 0.05) is 6.42 Å². The van der Waals surface area contributed by atoms with Gasteiger partial charge < -0.3 is 5.11 Å². The Morgan fingerprint density at radius 2 is 1.82 bits per heavy atom. The zero-order valence-corrected chi connectivity index (χ0v) is 10.5. The molecule has 17 heavy (non-hydrogen) atoms. The second-order valence-corrected chi connectivity index (χ2v) is 5.39. The van der Waals surface area contributed by atoms with Crippen LogP contribution >= 0.6 is 0 Å². The van der Waals surface area contributed by atoms with E-state index in [2.05, 4.69) is 0 Å². The normalized spacial score (nSPS) is 19.9. The summed E-state index contributed by atoms with van der Waals surface area (Å²) in [6, 6.07) is 4.85. The molecule has 1 aliphatic carbocycles. The lowest BCUT2D eigenvalue weighted by atomic mass is 9.86. The first-order valence-corrected chi connectivity index (χ1v) is 6.56. The summed E-state index contributed by atoms with van der Waals surface area (Å²) < 4.78 is 13.2. The Labute approximate surface area is 103 Å². The molecule has 0 saturated heterocycles. The summed E-state index contributed by atoms with van der Waals surface area (Å²) in [6.07, 6.45) is 6.90. The predicted molar refractivity (Wildman–Crippen MR) is 67.5 cm³/mol. The van der Waals surface area contributed by atoms with Crippen LogP contribution in [0.1, 0.15) is 49.7 Å². The summed E-state index contributed by atoms with van der Waals surface area (Å²) in [7, 11) is 0. The van der Waals surface area contributed by atoms with Crippen LogP contribution in [0.5, 0.6) is 0 Å². The second-order valence-electron chi connectivity index (χ2n) is 5.39. The molecule has 0 spiro atoms. The van der Waals surface area contributed by atoms with Crippen molar-refractivity contribution in [3.05, 3.63) is 35.1 Å². The van der Waals surface area contributed by atoms with E-state index in [1.165, 1.54) is 18.9 Å². The highest BCUT2D eigenvalue weighted by atomic mass is 19.1. The number of benzene rings is 1. The largest absolute Gasteiger partial charge is 0.390 e. The molecule has 1 aliphatic rings. The molecule has 0 heterocycles. The van der Waals surface area contributed by atoms with E-state index in [9.17, 15) is 9.50 Å². The number of hydrogen-bond acceptors (Lipinski definition) is 1. The average molecular weight is 236 g/mol. The quantitative estimate of drug-likeness (QED) is 0.775. The Morgan fingerprint density at radius 1 is 1.18 bits per heavy atom.